The Bertz CT molecular complexity index is 3700. The molecule has 0 fully saturated rings. The summed E-state index contributed by atoms with van der Waals surface area (Å²) in [5.41, 5.74) is 14.5. The van der Waals surface area contributed by atoms with Crippen molar-refractivity contribution in [1.82, 2.24) is 0 Å². The predicted molar refractivity (Wildman–Crippen MR) is 372 cm³/mol. The number of hydrogen-bond donors (Lipinski definition) is 0. The Labute approximate surface area is 541 Å². The van der Waals surface area contributed by atoms with Crippen LogP contribution in [0.25, 0.3) is 0 Å². The third-order valence-electron chi connectivity index (χ3n) is 19.7. The average Bonchev–Trinajstić information content (AvgIpc) is 1.65. The molecular weight excluding hydrogens is 1120 g/mol. The van der Waals surface area contributed by atoms with Gasteiger partial charge in [0.25, 0.3) is 0 Å². The third kappa shape index (κ3) is 11.3. The van der Waals surface area contributed by atoms with Crippen molar-refractivity contribution in [3.05, 3.63) is 224 Å². The summed E-state index contributed by atoms with van der Waals surface area (Å²) in [6.07, 6.45) is 12.9. The van der Waals surface area contributed by atoms with Gasteiger partial charge in [0, 0.05) is 124 Å². The van der Waals surface area contributed by atoms with E-state index in [4.69, 9.17) is 18.9 Å². The van der Waals surface area contributed by atoms with E-state index in [1.165, 1.54) is 11.1 Å². The van der Waals surface area contributed by atoms with Crippen LogP contribution in [0.2, 0.25) is 0 Å². The first-order valence-electron chi connectivity index (χ1n) is 34.1. The number of carbonyl (C=O) groups is 2. The fourth-order valence-electron chi connectivity index (χ4n) is 14.4. The Hall–Kier alpha value is -8.50. The van der Waals surface area contributed by atoms with Crippen LogP contribution in [0, 0.1) is 13.8 Å². The molecule has 8 aromatic rings. The van der Waals surface area contributed by atoms with Gasteiger partial charge < -0.3 is 38.5 Å². The van der Waals surface area contributed by atoms with Crippen LogP contribution in [0.5, 0.6) is 23.0 Å². The minimum Gasteiger partial charge on any atom is -0.456 e. The molecule has 0 aromatic heterocycles. The first kappa shape index (κ1) is 62.7. The zero-order valence-electron chi connectivity index (χ0n) is 55.5. The van der Waals surface area contributed by atoms with Crippen molar-refractivity contribution in [2.75, 3.05) is 58.9 Å². The molecule has 4 aliphatic heterocycles. The molecule has 0 bridgehead atoms. The van der Waals surface area contributed by atoms with Crippen LogP contribution in [0.4, 0.5) is 34.1 Å². The Morgan fingerprint density at radius 3 is 1.05 bits per heavy atom. The zero-order chi connectivity index (χ0) is 63.6. The van der Waals surface area contributed by atoms with Crippen molar-refractivity contribution in [3.63, 3.8) is 0 Å². The monoisotopic (exact) mass is 1220 g/mol. The largest absolute Gasteiger partial charge is 0.456 e. The molecular formula is C81H92N4O6. The molecule has 4 aliphatic rings. The maximum absolute atomic E-state index is 14.1. The lowest BCUT2D eigenvalue weighted by molar-refractivity contribution is 0.0214. The Morgan fingerprint density at radius 2 is 0.692 bits per heavy atom. The summed E-state index contributed by atoms with van der Waals surface area (Å²) in [7, 11) is 0. The van der Waals surface area contributed by atoms with E-state index < -0.39 is 11.2 Å². The second kappa shape index (κ2) is 26.4. The van der Waals surface area contributed by atoms with Crippen molar-refractivity contribution < 1.29 is 28.5 Å². The average molecular weight is 1220 g/mol. The van der Waals surface area contributed by atoms with E-state index in [-0.39, 0.29) is 17.4 Å². The molecule has 4 heterocycles. The highest BCUT2D eigenvalue weighted by atomic mass is 16.6. The fraction of sp³-hybridized carbons (Fsp3) is 0.383. The molecule has 10 nitrogen and oxygen atoms in total. The Kier molecular flexibility index (Phi) is 18.2. The summed E-state index contributed by atoms with van der Waals surface area (Å²) >= 11 is 0. The topological polar surface area (TPSA) is 84.0 Å². The van der Waals surface area contributed by atoms with Gasteiger partial charge in [-0.3, -0.25) is 0 Å². The van der Waals surface area contributed by atoms with E-state index in [1.54, 1.807) is 0 Å². The standard InChI is InChI=1S/C81H92N4O6/c1-11-17-43-82(44-18-12-2)61-39-41-67-75(51-61)88-73-49-55(7)71(53-69(73)80(67)65-29-25-23-27-63(65)77(86)90-80)84(47-21-15-5)59-35-31-57(32-36-59)79(9,10)58-33-37-60(38-34-58)85(48-22-16-6)72-54-70-74(50-56(72)8)89-76-52-62(83(45-19-13-3)46-20-14-4)40-42-68(76)81(70)66-30-26-24-28-64(66)78(87)91-81/h23-42,49-54H,11-22,43-48H2,1-10H3. The number of anilines is 6. The number of fused-ring (bicyclic) bond motifs is 12. The number of aryl methyl sites for hydroxylation is 2. The maximum atomic E-state index is 14.1. The first-order valence-corrected chi connectivity index (χ1v) is 34.1. The summed E-state index contributed by atoms with van der Waals surface area (Å²) in [6, 6.07) is 55.7. The van der Waals surface area contributed by atoms with Crippen LogP contribution >= 0.6 is 0 Å². The number of nitrogens with zero attached hydrogens (tertiary/aromatic N) is 4. The lowest BCUT2D eigenvalue weighted by Gasteiger charge is -2.39. The van der Waals surface area contributed by atoms with Crippen molar-refractivity contribution in [2.24, 2.45) is 0 Å². The van der Waals surface area contributed by atoms with Gasteiger partial charge in [0.15, 0.2) is 11.2 Å². The molecule has 0 saturated carbocycles. The minimum absolute atomic E-state index is 0.330. The molecule has 10 heteroatoms. The summed E-state index contributed by atoms with van der Waals surface area (Å²) in [5.74, 6) is 2.18. The van der Waals surface area contributed by atoms with Gasteiger partial charge in [-0.25, -0.2) is 9.59 Å². The van der Waals surface area contributed by atoms with E-state index in [0.717, 1.165) is 206 Å². The van der Waals surface area contributed by atoms with E-state index in [0.29, 0.717) is 22.6 Å². The number of hydrogen-bond acceptors (Lipinski definition) is 10. The molecule has 0 amide bonds. The molecule has 91 heavy (non-hydrogen) atoms. The van der Waals surface area contributed by atoms with Crippen molar-refractivity contribution in [3.8, 4) is 23.0 Å². The highest BCUT2D eigenvalue weighted by Gasteiger charge is 2.55. The van der Waals surface area contributed by atoms with Gasteiger partial charge in [-0.15, -0.1) is 0 Å². The summed E-state index contributed by atoms with van der Waals surface area (Å²) in [5, 5.41) is 0. The number of unbranched alkanes of at least 4 members (excludes halogenated alkanes) is 6. The number of esters is 2. The molecule has 0 saturated heterocycles. The molecule has 472 valence electrons. The van der Waals surface area contributed by atoms with E-state index in [2.05, 4.69) is 198 Å². The number of benzene rings is 8. The van der Waals surface area contributed by atoms with E-state index in [1.807, 2.05) is 48.5 Å². The molecule has 2 atom stereocenters. The highest BCUT2D eigenvalue weighted by molar-refractivity contribution is 5.98. The number of ether oxygens (including phenoxy) is 4. The van der Waals surface area contributed by atoms with E-state index in [9.17, 15) is 9.59 Å². The van der Waals surface area contributed by atoms with E-state index >= 15 is 0 Å². The summed E-state index contributed by atoms with van der Waals surface area (Å²) in [6.45, 7) is 27.9. The van der Waals surface area contributed by atoms with Gasteiger partial charge >= 0.3 is 11.9 Å². The Morgan fingerprint density at radius 1 is 0.363 bits per heavy atom. The van der Waals surface area contributed by atoms with Gasteiger partial charge in [0.2, 0.25) is 0 Å². The van der Waals surface area contributed by atoms with Crippen LogP contribution in [-0.2, 0) is 26.1 Å². The van der Waals surface area contributed by atoms with Gasteiger partial charge in [0.1, 0.15) is 23.0 Å². The number of carbonyl (C=O) groups excluding carboxylic acids is 2. The lowest BCUT2D eigenvalue weighted by atomic mass is 9.77. The van der Waals surface area contributed by atoms with Crippen molar-refractivity contribution >= 4 is 46.1 Å². The van der Waals surface area contributed by atoms with Crippen LogP contribution < -0.4 is 29.1 Å². The van der Waals surface area contributed by atoms with Crippen LogP contribution in [-0.4, -0.2) is 51.2 Å². The van der Waals surface area contributed by atoms with Gasteiger partial charge in [0.05, 0.1) is 11.1 Å². The molecule has 0 aliphatic carbocycles. The summed E-state index contributed by atoms with van der Waals surface area (Å²) < 4.78 is 27.6. The first-order chi connectivity index (χ1) is 44.2. The molecule has 0 N–H and O–H groups in total. The lowest BCUT2D eigenvalue weighted by Crippen LogP contribution is -2.34. The molecule has 2 spiro atoms. The van der Waals surface area contributed by atoms with Crippen LogP contribution in [0.15, 0.2) is 158 Å². The zero-order valence-corrected chi connectivity index (χ0v) is 55.5. The second-order valence-corrected chi connectivity index (χ2v) is 26.2. The molecule has 0 radical (unpaired) electrons. The minimum atomic E-state index is -1.19. The third-order valence-corrected chi connectivity index (χ3v) is 19.7. The van der Waals surface area contributed by atoms with Crippen LogP contribution in [0.1, 0.15) is 209 Å². The smallest absolute Gasteiger partial charge is 0.340 e. The molecule has 2 unspecified atom stereocenters. The molecule has 8 aromatic carbocycles. The highest BCUT2D eigenvalue weighted by Crippen LogP contribution is 2.60. The van der Waals surface area contributed by atoms with Crippen molar-refractivity contribution in [2.45, 2.75) is 163 Å². The van der Waals surface area contributed by atoms with Gasteiger partial charge in [-0.05, 0) is 160 Å². The quantitative estimate of drug-likeness (QED) is 0.0489. The van der Waals surface area contributed by atoms with Crippen molar-refractivity contribution in [1.29, 1.82) is 0 Å². The number of rotatable bonds is 26. The van der Waals surface area contributed by atoms with Gasteiger partial charge in [-0.2, -0.15) is 0 Å². The predicted octanol–water partition coefficient (Wildman–Crippen LogP) is 20.5. The Balaban J connectivity index is 0.860. The SMILES string of the molecule is CCCCN(CCCC)c1ccc2c(c1)Oc1cc(C)c(N(CCCC)c3ccc(C(C)(C)c4ccc(N(CCCC)c5cc6c(cc5C)Oc5cc(N(CCCC)CCCC)ccc5C65OC(=O)c6ccccc65)cc4)cc3)cc1C21OC(=O)c2ccccc21. The maximum Gasteiger partial charge on any atom is 0.340 e. The van der Waals surface area contributed by atoms with Crippen LogP contribution in [0.3, 0.4) is 0 Å². The molecule has 12 rings (SSSR count). The summed E-state index contributed by atoms with van der Waals surface area (Å²) in [4.78, 5) is 38.0. The second-order valence-electron chi connectivity index (χ2n) is 26.2. The normalized spacial score (nSPS) is 16.4. The van der Waals surface area contributed by atoms with Gasteiger partial charge in [-0.1, -0.05) is 155 Å². The fourth-order valence-corrected chi connectivity index (χ4v) is 14.4.